The van der Waals surface area contributed by atoms with E-state index in [1.54, 1.807) is 13.2 Å². The molecule has 1 N–H and O–H groups in total. The zero-order chi connectivity index (χ0) is 13.0. The first-order chi connectivity index (χ1) is 8.72. The summed E-state index contributed by atoms with van der Waals surface area (Å²) in [5.41, 5.74) is 1.91. The Morgan fingerprint density at radius 3 is 2.94 bits per heavy atom. The smallest absolute Gasteiger partial charge is 0.224 e. The molecule has 3 heteroatoms. The van der Waals surface area contributed by atoms with Crippen molar-refractivity contribution in [2.75, 3.05) is 13.7 Å². The Bertz CT molecular complexity index is 450. The van der Waals surface area contributed by atoms with Crippen molar-refractivity contribution in [3.63, 3.8) is 0 Å². The lowest BCUT2D eigenvalue weighted by molar-refractivity contribution is -0.120. The largest absolute Gasteiger partial charge is 0.496 e. The summed E-state index contributed by atoms with van der Waals surface area (Å²) in [6.07, 6.45) is 4.63. The molecule has 1 saturated carbocycles. The standard InChI is InChI=1S/C15H19NO2/c1-3-11-6-7-13(14(8-11)18-2)9-15(17)16-10-12-4-5-12/h3,6-8,12H,1,4-5,9-10H2,2H3,(H,16,17). The van der Waals surface area contributed by atoms with Crippen molar-refractivity contribution in [2.45, 2.75) is 19.3 Å². The summed E-state index contributed by atoms with van der Waals surface area (Å²) in [6.45, 7) is 4.53. The zero-order valence-corrected chi connectivity index (χ0v) is 10.7. The molecule has 0 aromatic heterocycles. The quantitative estimate of drug-likeness (QED) is 0.835. The van der Waals surface area contributed by atoms with Crippen LogP contribution in [0.3, 0.4) is 0 Å². The number of benzene rings is 1. The maximum absolute atomic E-state index is 11.8. The van der Waals surface area contributed by atoms with Gasteiger partial charge in [-0.2, -0.15) is 0 Å². The number of carbonyl (C=O) groups is 1. The first-order valence-electron chi connectivity index (χ1n) is 6.29. The van der Waals surface area contributed by atoms with E-state index in [0.717, 1.165) is 23.4 Å². The number of methoxy groups -OCH3 is 1. The topological polar surface area (TPSA) is 38.3 Å². The lowest BCUT2D eigenvalue weighted by Gasteiger charge is -2.09. The van der Waals surface area contributed by atoms with Crippen LogP contribution in [-0.4, -0.2) is 19.6 Å². The second-order valence-electron chi connectivity index (χ2n) is 4.70. The Morgan fingerprint density at radius 2 is 2.33 bits per heavy atom. The Morgan fingerprint density at radius 1 is 1.56 bits per heavy atom. The normalized spacial score (nSPS) is 14.1. The molecule has 0 radical (unpaired) electrons. The molecule has 0 unspecified atom stereocenters. The molecule has 0 atom stereocenters. The van der Waals surface area contributed by atoms with Crippen LogP contribution in [0.25, 0.3) is 6.08 Å². The highest BCUT2D eigenvalue weighted by Crippen LogP contribution is 2.27. The van der Waals surface area contributed by atoms with Crippen molar-refractivity contribution >= 4 is 12.0 Å². The Balaban J connectivity index is 1.97. The molecule has 1 fully saturated rings. The fourth-order valence-corrected chi connectivity index (χ4v) is 1.85. The maximum Gasteiger partial charge on any atom is 0.224 e. The molecule has 0 heterocycles. The molecule has 1 aromatic carbocycles. The van der Waals surface area contributed by atoms with Crippen molar-refractivity contribution in [2.24, 2.45) is 5.92 Å². The van der Waals surface area contributed by atoms with Crippen LogP contribution >= 0.6 is 0 Å². The average Bonchev–Trinajstić information content (AvgIpc) is 3.21. The van der Waals surface area contributed by atoms with E-state index < -0.39 is 0 Å². The second kappa shape index (κ2) is 5.71. The summed E-state index contributed by atoms with van der Waals surface area (Å²) in [5, 5.41) is 2.96. The van der Waals surface area contributed by atoms with Crippen LogP contribution in [0.15, 0.2) is 24.8 Å². The van der Waals surface area contributed by atoms with Crippen molar-refractivity contribution in [3.05, 3.63) is 35.9 Å². The number of amides is 1. The fourth-order valence-electron chi connectivity index (χ4n) is 1.85. The third-order valence-electron chi connectivity index (χ3n) is 3.18. The highest BCUT2D eigenvalue weighted by molar-refractivity contribution is 5.79. The SMILES string of the molecule is C=Cc1ccc(CC(=O)NCC2CC2)c(OC)c1. The molecule has 1 aliphatic carbocycles. The minimum absolute atomic E-state index is 0.0616. The molecule has 3 nitrogen and oxygen atoms in total. The highest BCUT2D eigenvalue weighted by atomic mass is 16.5. The van der Waals surface area contributed by atoms with Crippen molar-refractivity contribution < 1.29 is 9.53 Å². The Kier molecular flexibility index (Phi) is 4.03. The van der Waals surface area contributed by atoms with Crippen LogP contribution in [0.1, 0.15) is 24.0 Å². The van der Waals surface area contributed by atoms with Gasteiger partial charge in [-0.1, -0.05) is 24.8 Å². The van der Waals surface area contributed by atoms with Gasteiger partial charge in [-0.25, -0.2) is 0 Å². The van der Waals surface area contributed by atoms with Crippen LogP contribution in [0.4, 0.5) is 0 Å². The zero-order valence-electron chi connectivity index (χ0n) is 10.7. The number of rotatable bonds is 6. The van der Waals surface area contributed by atoms with Gasteiger partial charge in [0.05, 0.1) is 13.5 Å². The van der Waals surface area contributed by atoms with E-state index in [9.17, 15) is 4.79 Å². The number of hydrogen-bond donors (Lipinski definition) is 1. The third kappa shape index (κ3) is 3.36. The van der Waals surface area contributed by atoms with Gasteiger partial charge in [0, 0.05) is 12.1 Å². The number of nitrogens with one attached hydrogen (secondary N) is 1. The second-order valence-corrected chi connectivity index (χ2v) is 4.70. The van der Waals surface area contributed by atoms with Gasteiger partial charge < -0.3 is 10.1 Å². The maximum atomic E-state index is 11.8. The molecular formula is C15H19NO2. The predicted molar refractivity (Wildman–Crippen MR) is 72.5 cm³/mol. The van der Waals surface area contributed by atoms with Crippen LogP contribution in [0.5, 0.6) is 5.75 Å². The molecule has 0 saturated heterocycles. The monoisotopic (exact) mass is 245 g/mol. The molecule has 0 aliphatic heterocycles. The molecule has 1 amide bonds. The molecule has 2 rings (SSSR count). The van der Waals surface area contributed by atoms with Crippen molar-refractivity contribution in [3.8, 4) is 5.75 Å². The van der Waals surface area contributed by atoms with E-state index in [1.807, 2.05) is 18.2 Å². The minimum atomic E-state index is 0.0616. The van der Waals surface area contributed by atoms with E-state index in [-0.39, 0.29) is 5.91 Å². The van der Waals surface area contributed by atoms with Gasteiger partial charge in [0.15, 0.2) is 0 Å². The summed E-state index contributed by atoms with van der Waals surface area (Å²) >= 11 is 0. The molecule has 18 heavy (non-hydrogen) atoms. The summed E-state index contributed by atoms with van der Waals surface area (Å²) in [6, 6.07) is 5.77. The molecule has 0 bridgehead atoms. The summed E-state index contributed by atoms with van der Waals surface area (Å²) in [5.74, 6) is 1.51. The Labute approximate surface area is 108 Å². The van der Waals surface area contributed by atoms with Gasteiger partial charge in [-0.3, -0.25) is 4.79 Å². The van der Waals surface area contributed by atoms with Crippen LogP contribution < -0.4 is 10.1 Å². The highest BCUT2D eigenvalue weighted by Gasteiger charge is 2.21. The van der Waals surface area contributed by atoms with Crippen LogP contribution in [0.2, 0.25) is 0 Å². The van der Waals surface area contributed by atoms with Crippen LogP contribution in [-0.2, 0) is 11.2 Å². The van der Waals surface area contributed by atoms with Gasteiger partial charge in [0.1, 0.15) is 5.75 Å². The molecule has 1 aromatic rings. The Hall–Kier alpha value is -1.77. The van der Waals surface area contributed by atoms with E-state index >= 15 is 0 Å². The first kappa shape index (κ1) is 12.7. The number of carbonyl (C=O) groups excluding carboxylic acids is 1. The number of ether oxygens (including phenoxy) is 1. The van der Waals surface area contributed by atoms with Gasteiger partial charge in [-0.05, 0) is 30.4 Å². The molecule has 0 spiro atoms. The van der Waals surface area contributed by atoms with Crippen molar-refractivity contribution in [1.82, 2.24) is 5.32 Å². The lowest BCUT2D eigenvalue weighted by Crippen LogP contribution is -2.27. The van der Waals surface area contributed by atoms with Gasteiger partial charge >= 0.3 is 0 Å². The number of hydrogen-bond acceptors (Lipinski definition) is 2. The van der Waals surface area contributed by atoms with Gasteiger partial charge in [0.2, 0.25) is 5.91 Å². The molecule has 96 valence electrons. The predicted octanol–water partition coefficient (Wildman–Crippen LogP) is 2.41. The van der Waals surface area contributed by atoms with E-state index in [0.29, 0.717) is 12.3 Å². The van der Waals surface area contributed by atoms with Crippen LogP contribution in [0, 0.1) is 5.92 Å². The third-order valence-corrected chi connectivity index (χ3v) is 3.18. The first-order valence-corrected chi connectivity index (χ1v) is 6.29. The summed E-state index contributed by atoms with van der Waals surface area (Å²) in [7, 11) is 1.62. The van der Waals surface area contributed by atoms with Crippen molar-refractivity contribution in [1.29, 1.82) is 0 Å². The summed E-state index contributed by atoms with van der Waals surface area (Å²) < 4.78 is 5.30. The molecular weight excluding hydrogens is 226 g/mol. The van der Waals surface area contributed by atoms with Gasteiger partial charge in [0.25, 0.3) is 0 Å². The van der Waals surface area contributed by atoms with E-state index in [1.165, 1.54) is 12.8 Å². The fraction of sp³-hybridized carbons (Fsp3) is 0.400. The average molecular weight is 245 g/mol. The summed E-state index contributed by atoms with van der Waals surface area (Å²) in [4.78, 5) is 11.8. The van der Waals surface area contributed by atoms with E-state index in [4.69, 9.17) is 4.74 Å². The van der Waals surface area contributed by atoms with Gasteiger partial charge in [-0.15, -0.1) is 0 Å². The minimum Gasteiger partial charge on any atom is -0.496 e. The van der Waals surface area contributed by atoms with E-state index in [2.05, 4.69) is 11.9 Å². The lowest BCUT2D eigenvalue weighted by atomic mass is 10.1. The molecule has 1 aliphatic rings.